The second-order valence-corrected chi connectivity index (χ2v) is 7.05. The van der Waals surface area contributed by atoms with Gasteiger partial charge in [-0.25, -0.2) is 0 Å². The molecular formula is C18H29NO. The van der Waals surface area contributed by atoms with Crippen molar-refractivity contribution in [2.24, 2.45) is 5.73 Å². The maximum atomic E-state index is 6.56. The molecule has 1 saturated carbocycles. The summed E-state index contributed by atoms with van der Waals surface area (Å²) in [5.74, 6) is 0. The van der Waals surface area contributed by atoms with Crippen molar-refractivity contribution in [3.8, 4) is 0 Å². The van der Waals surface area contributed by atoms with Crippen molar-refractivity contribution in [1.82, 2.24) is 0 Å². The average molecular weight is 275 g/mol. The molecule has 1 unspecified atom stereocenters. The third-order valence-electron chi connectivity index (χ3n) is 4.58. The molecule has 0 aliphatic heterocycles. The van der Waals surface area contributed by atoms with E-state index < -0.39 is 0 Å². The van der Waals surface area contributed by atoms with E-state index in [9.17, 15) is 0 Å². The molecule has 0 spiro atoms. The number of ether oxygens (including phenoxy) is 1. The van der Waals surface area contributed by atoms with Gasteiger partial charge in [-0.15, -0.1) is 0 Å². The second kappa shape index (κ2) is 5.87. The Kier molecular flexibility index (Phi) is 4.55. The lowest BCUT2D eigenvalue weighted by Gasteiger charge is -2.35. The minimum Gasteiger partial charge on any atom is -0.373 e. The number of hydrogen-bond acceptors (Lipinski definition) is 2. The Morgan fingerprint density at radius 3 is 2.15 bits per heavy atom. The summed E-state index contributed by atoms with van der Waals surface area (Å²) in [4.78, 5) is 0. The zero-order chi connectivity index (χ0) is 14.8. The van der Waals surface area contributed by atoms with Crippen LogP contribution in [-0.2, 0) is 10.2 Å². The first-order chi connectivity index (χ1) is 9.39. The van der Waals surface area contributed by atoms with Gasteiger partial charge in [-0.2, -0.15) is 0 Å². The van der Waals surface area contributed by atoms with Gasteiger partial charge in [0.15, 0.2) is 0 Å². The highest BCUT2D eigenvalue weighted by Gasteiger charge is 2.41. The van der Waals surface area contributed by atoms with Gasteiger partial charge in [-0.1, -0.05) is 57.9 Å². The minimum atomic E-state index is -0.141. The maximum absolute atomic E-state index is 6.56. The van der Waals surface area contributed by atoms with E-state index >= 15 is 0 Å². The molecule has 0 bridgehead atoms. The number of nitrogens with two attached hydrogens (primary N) is 1. The highest BCUT2D eigenvalue weighted by molar-refractivity contribution is 5.30. The first-order valence-electron chi connectivity index (χ1n) is 7.89. The van der Waals surface area contributed by atoms with Gasteiger partial charge in [0.2, 0.25) is 0 Å². The van der Waals surface area contributed by atoms with E-state index in [1.807, 2.05) is 0 Å². The quantitative estimate of drug-likeness (QED) is 0.887. The Morgan fingerprint density at radius 2 is 1.70 bits per heavy atom. The molecule has 0 amide bonds. The molecule has 1 aromatic rings. The summed E-state index contributed by atoms with van der Waals surface area (Å²) in [6.07, 6.45) is 4.63. The van der Waals surface area contributed by atoms with E-state index in [1.165, 1.54) is 24.0 Å². The largest absolute Gasteiger partial charge is 0.373 e. The zero-order valence-corrected chi connectivity index (χ0v) is 13.4. The van der Waals surface area contributed by atoms with E-state index in [0.717, 1.165) is 19.4 Å². The Hall–Kier alpha value is -0.860. The molecular weight excluding hydrogens is 246 g/mol. The lowest BCUT2D eigenvalue weighted by Crippen LogP contribution is -2.41. The van der Waals surface area contributed by atoms with Crippen molar-refractivity contribution in [1.29, 1.82) is 0 Å². The van der Waals surface area contributed by atoms with Crippen LogP contribution < -0.4 is 5.73 Å². The third kappa shape index (κ3) is 3.07. The van der Waals surface area contributed by atoms with E-state index in [0.29, 0.717) is 0 Å². The van der Waals surface area contributed by atoms with Crippen molar-refractivity contribution in [3.63, 3.8) is 0 Å². The Morgan fingerprint density at radius 1 is 1.15 bits per heavy atom. The van der Waals surface area contributed by atoms with Gasteiger partial charge in [0.05, 0.1) is 11.6 Å². The summed E-state index contributed by atoms with van der Waals surface area (Å²) in [5.41, 5.74) is 9.16. The molecule has 112 valence electrons. The Balaban J connectivity index is 2.21. The number of hydrogen-bond donors (Lipinski definition) is 1. The summed E-state index contributed by atoms with van der Waals surface area (Å²) >= 11 is 0. The van der Waals surface area contributed by atoms with Gasteiger partial charge >= 0.3 is 0 Å². The molecule has 2 heteroatoms. The number of rotatable bonds is 4. The van der Waals surface area contributed by atoms with Gasteiger partial charge in [-0.3, -0.25) is 0 Å². The molecule has 2 N–H and O–H groups in total. The molecule has 1 aliphatic carbocycles. The highest BCUT2D eigenvalue weighted by Crippen LogP contribution is 2.42. The molecule has 1 aliphatic rings. The fourth-order valence-electron chi connectivity index (χ4n) is 3.30. The SMILES string of the molecule is CCOC1(C(N)c2ccc(C(C)(C)C)cc2)CCCC1. The third-order valence-corrected chi connectivity index (χ3v) is 4.58. The molecule has 2 nitrogen and oxygen atoms in total. The molecule has 0 radical (unpaired) electrons. The molecule has 0 heterocycles. The van der Waals surface area contributed by atoms with Crippen LogP contribution in [0, 0.1) is 0 Å². The van der Waals surface area contributed by atoms with Crippen molar-refractivity contribution < 1.29 is 4.74 Å². The minimum absolute atomic E-state index is 0.0148. The fraction of sp³-hybridized carbons (Fsp3) is 0.667. The van der Waals surface area contributed by atoms with Crippen LogP contribution >= 0.6 is 0 Å². The molecule has 20 heavy (non-hydrogen) atoms. The van der Waals surface area contributed by atoms with E-state index in [-0.39, 0.29) is 17.1 Å². The van der Waals surface area contributed by atoms with Crippen molar-refractivity contribution in [2.75, 3.05) is 6.61 Å². The molecule has 1 atom stereocenters. The van der Waals surface area contributed by atoms with Crippen LogP contribution in [0.1, 0.15) is 70.5 Å². The molecule has 0 aromatic heterocycles. The normalized spacial score (nSPS) is 20.1. The van der Waals surface area contributed by atoms with Crippen LogP contribution in [0.2, 0.25) is 0 Å². The average Bonchev–Trinajstić information content (AvgIpc) is 2.87. The monoisotopic (exact) mass is 275 g/mol. The van der Waals surface area contributed by atoms with Gasteiger partial charge in [0.1, 0.15) is 0 Å². The van der Waals surface area contributed by atoms with Crippen LogP contribution in [0.5, 0.6) is 0 Å². The van der Waals surface area contributed by atoms with Crippen molar-refractivity contribution >= 4 is 0 Å². The smallest absolute Gasteiger partial charge is 0.0874 e. The van der Waals surface area contributed by atoms with Crippen LogP contribution in [-0.4, -0.2) is 12.2 Å². The van der Waals surface area contributed by atoms with Crippen molar-refractivity contribution in [3.05, 3.63) is 35.4 Å². The topological polar surface area (TPSA) is 35.2 Å². The summed E-state index contributed by atoms with van der Waals surface area (Å²) in [6.45, 7) is 9.52. The Labute approximate surface area is 123 Å². The van der Waals surface area contributed by atoms with Crippen LogP contribution in [0.3, 0.4) is 0 Å². The second-order valence-electron chi connectivity index (χ2n) is 7.05. The first-order valence-corrected chi connectivity index (χ1v) is 7.89. The van der Waals surface area contributed by atoms with Crippen LogP contribution in [0.4, 0.5) is 0 Å². The first kappa shape index (κ1) is 15.5. The number of benzene rings is 1. The van der Waals surface area contributed by atoms with Gasteiger partial charge < -0.3 is 10.5 Å². The predicted molar refractivity (Wildman–Crippen MR) is 84.9 cm³/mol. The molecule has 0 saturated heterocycles. The van der Waals surface area contributed by atoms with Gasteiger partial charge in [0, 0.05) is 6.61 Å². The van der Waals surface area contributed by atoms with Gasteiger partial charge in [-0.05, 0) is 36.3 Å². The van der Waals surface area contributed by atoms with E-state index in [2.05, 4.69) is 52.0 Å². The summed E-state index contributed by atoms with van der Waals surface area (Å²) in [6, 6.07) is 8.78. The maximum Gasteiger partial charge on any atom is 0.0874 e. The van der Waals surface area contributed by atoms with Crippen molar-refractivity contribution in [2.45, 2.75) is 70.4 Å². The van der Waals surface area contributed by atoms with Gasteiger partial charge in [0.25, 0.3) is 0 Å². The Bertz CT molecular complexity index is 424. The molecule has 1 aromatic carbocycles. The molecule has 2 rings (SSSR count). The van der Waals surface area contributed by atoms with Crippen LogP contribution in [0.25, 0.3) is 0 Å². The van der Waals surface area contributed by atoms with E-state index in [4.69, 9.17) is 10.5 Å². The standard InChI is InChI=1S/C18H29NO/c1-5-20-18(12-6-7-13-18)16(19)14-8-10-15(11-9-14)17(2,3)4/h8-11,16H,5-7,12-13,19H2,1-4H3. The predicted octanol–water partition coefficient (Wildman–Crippen LogP) is 4.33. The highest BCUT2D eigenvalue weighted by atomic mass is 16.5. The summed E-state index contributed by atoms with van der Waals surface area (Å²) < 4.78 is 6.08. The molecule has 1 fully saturated rings. The summed E-state index contributed by atoms with van der Waals surface area (Å²) in [5, 5.41) is 0. The lowest BCUT2D eigenvalue weighted by atomic mass is 9.83. The fourth-order valence-corrected chi connectivity index (χ4v) is 3.30. The lowest BCUT2D eigenvalue weighted by molar-refractivity contribution is -0.0536. The van der Waals surface area contributed by atoms with Crippen LogP contribution in [0.15, 0.2) is 24.3 Å². The van der Waals surface area contributed by atoms with E-state index in [1.54, 1.807) is 0 Å². The zero-order valence-electron chi connectivity index (χ0n) is 13.4. The summed E-state index contributed by atoms with van der Waals surface area (Å²) in [7, 11) is 0.